The quantitative estimate of drug-likeness (QED) is 0.452. The van der Waals surface area contributed by atoms with E-state index in [0.29, 0.717) is 6.04 Å². The van der Waals surface area contributed by atoms with Crippen molar-refractivity contribution in [2.24, 2.45) is 0 Å². The van der Waals surface area contributed by atoms with E-state index in [2.05, 4.69) is 34.1 Å². The van der Waals surface area contributed by atoms with Crippen molar-refractivity contribution in [3.8, 4) is 0 Å². The number of fused-ring (bicyclic) bond motifs is 3. The van der Waals surface area contributed by atoms with Crippen LogP contribution in [0.3, 0.4) is 0 Å². The van der Waals surface area contributed by atoms with Crippen LogP contribution in [0.1, 0.15) is 93.8 Å². The van der Waals surface area contributed by atoms with E-state index >= 15 is 0 Å². The van der Waals surface area contributed by atoms with Gasteiger partial charge in [0.25, 0.3) is 5.91 Å². The molecule has 3 aromatic rings. The van der Waals surface area contributed by atoms with Gasteiger partial charge in [-0.15, -0.1) is 0 Å². The van der Waals surface area contributed by atoms with Gasteiger partial charge in [0, 0.05) is 40.5 Å². The standard InChI is InChI=1S/C28H38N2O/c1-30(22-16-11-9-7-5-3-2-4-6-8-10-12-17-22)28(31)24-19-15-21-26-27(24)23-18-13-14-20-25(23)29-26/h13-15,18-22,29H,2-12,16-17H2,1H3. The van der Waals surface area contributed by atoms with E-state index in [0.717, 1.165) is 40.2 Å². The van der Waals surface area contributed by atoms with Crippen molar-refractivity contribution in [3.63, 3.8) is 0 Å². The first kappa shape index (κ1) is 21.9. The summed E-state index contributed by atoms with van der Waals surface area (Å²) in [7, 11) is 2.03. The van der Waals surface area contributed by atoms with Gasteiger partial charge < -0.3 is 9.88 Å². The number of carbonyl (C=O) groups is 1. The highest BCUT2D eigenvalue weighted by atomic mass is 16.2. The second-order valence-electron chi connectivity index (χ2n) is 9.44. The molecule has 0 aliphatic heterocycles. The fourth-order valence-corrected chi connectivity index (χ4v) is 5.32. The van der Waals surface area contributed by atoms with E-state index < -0.39 is 0 Å². The molecule has 0 radical (unpaired) electrons. The van der Waals surface area contributed by atoms with Gasteiger partial charge in [-0.1, -0.05) is 94.9 Å². The van der Waals surface area contributed by atoms with E-state index in [4.69, 9.17) is 0 Å². The van der Waals surface area contributed by atoms with Crippen molar-refractivity contribution in [2.75, 3.05) is 7.05 Å². The summed E-state index contributed by atoms with van der Waals surface area (Å²) in [6.07, 6.45) is 17.0. The maximum Gasteiger partial charge on any atom is 0.254 e. The maximum atomic E-state index is 13.7. The monoisotopic (exact) mass is 418 g/mol. The Balaban J connectivity index is 1.53. The Hall–Kier alpha value is -2.29. The summed E-state index contributed by atoms with van der Waals surface area (Å²) in [6.45, 7) is 0. The molecule has 2 aromatic carbocycles. The Labute approximate surface area is 187 Å². The summed E-state index contributed by atoms with van der Waals surface area (Å²) in [5.41, 5.74) is 2.97. The second-order valence-corrected chi connectivity index (χ2v) is 9.44. The van der Waals surface area contributed by atoms with Crippen LogP contribution in [0.25, 0.3) is 21.8 Å². The molecule has 1 amide bonds. The molecule has 0 bridgehead atoms. The van der Waals surface area contributed by atoms with Gasteiger partial charge in [0.05, 0.1) is 0 Å². The minimum Gasteiger partial charge on any atom is -0.354 e. The fraction of sp³-hybridized carbons (Fsp3) is 0.536. The topological polar surface area (TPSA) is 36.1 Å². The zero-order valence-corrected chi connectivity index (χ0v) is 19.2. The third-order valence-corrected chi connectivity index (χ3v) is 7.20. The molecule has 1 N–H and O–H groups in total. The van der Waals surface area contributed by atoms with Crippen LogP contribution in [-0.4, -0.2) is 28.9 Å². The van der Waals surface area contributed by atoms with Gasteiger partial charge in [-0.05, 0) is 31.0 Å². The molecule has 0 atom stereocenters. The summed E-state index contributed by atoms with van der Waals surface area (Å²) in [4.78, 5) is 19.2. The van der Waals surface area contributed by atoms with Crippen LogP contribution >= 0.6 is 0 Å². The lowest BCUT2D eigenvalue weighted by atomic mass is 9.96. The molecule has 0 saturated heterocycles. The number of carbonyl (C=O) groups excluding carboxylic acids is 1. The van der Waals surface area contributed by atoms with Crippen LogP contribution in [0, 0.1) is 0 Å². The fourth-order valence-electron chi connectivity index (χ4n) is 5.32. The van der Waals surface area contributed by atoms with E-state index in [9.17, 15) is 4.79 Å². The minimum atomic E-state index is 0.168. The number of para-hydroxylation sites is 1. The highest BCUT2D eigenvalue weighted by molar-refractivity contribution is 6.17. The SMILES string of the molecule is CN(C(=O)c1cccc2[nH]c3ccccc3c12)C1CCCCCCCCCCCCC1. The third-order valence-electron chi connectivity index (χ3n) is 7.20. The summed E-state index contributed by atoms with van der Waals surface area (Å²) in [5, 5.41) is 2.21. The molecule has 1 aliphatic rings. The Morgan fingerprint density at radius 1 is 0.742 bits per heavy atom. The van der Waals surface area contributed by atoms with Gasteiger partial charge >= 0.3 is 0 Å². The van der Waals surface area contributed by atoms with Crippen LogP contribution < -0.4 is 0 Å². The first-order chi connectivity index (χ1) is 15.3. The van der Waals surface area contributed by atoms with Crippen LogP contribution in [0.2, 0.25) is 0 Å². The summed E-state index contributed by atoms with van der Waals surface area (Å²) in [6, 6.07) is 14.7. The number of hydrogen-bond donors (Lipinski definition) is 1. The predicted octanol–water partition coefficient (Wildman–Crippen LogP) is 7.85. The van der Waals surface area contributed by atoms with Crippen molar-refractivity contribution >= 4 is 27.7 Å². The molecular formula is C28H38N2O. The zero-order valence-electron chi connectivity index (χ0n) is 19.2. The van der Waals surface area contributed by atoms with E-state index in [1.54, 1.807) is 0 Å². The van der Waals surface area contributed by atoms with Gasteiger partial charge in [-0.2, -0.15) is 0 Å². The van der Waals surface area contributed by atoms with Crippen LogP contribution in [0.15, 0.2) is 42.5 Å². The van der Waals surface area contributed by atoms with Crippen molar-refractivity contribution in [3.05, 3.63) is 48.0 Å². The lowest BCUT2D eigenvalue weighted by molar-refractivity contribution is 0.0712. The zero-order chi connectivity index (χ0) is 21.5. The number of aromatic nitrogens is 1. The first-order valence-electron chi connectivity index (χ1n) is 12.5. The molecule has 1 aromatic heterocycles. The van der Waals surface area contributed by atoms with Crippen LogP contribution in [-0.2, 0) is 0 Å². The van der Waals surface area contributed by atoms with E-state index in [1.807, 2.05) is 25.2 Å². The molecule has 1 saturated carbocycles. The number of nitrogens with zero attached hydrogens (tertiary/aromatic N) is 1. The Morgan fingerprint density at radius 2 is 1.29 bits per heavy atom. The Bertz CT molecular complexity index is 975. The highest BCUT2D eigenvalue weighted by Gasteiger charge is 2.23. The van der Waals surface area contributed by atoms with Crippen molar-refractivity contribution < 1.29 is 4.79 Å². The molecule has 0 spiro atoms. The van der Waals surface area contributed by atoms with E-state index in [-0.39, 0.29) is 5.91 Å². The first-order valence-corrected chi connectivity index (χ1v) is 12.5. The van der Waals surface area contributed by atoms with E-state index in [1.165, 1.54) is 70.6 Å². The molecule has 3 nitrogen and oxygen atoms in total. The Kier molecular flexibility index (Phi) is 7.66. The van der Waals surface area contributed by atoms with Gasteiger partial charge in [-0.3, -0.25) is 4.79 Å². The molecular weight excluding hydrogens is 380 g/mol. The number of H-pyrrole nitrogens is 1. The van der Waals surface area contributed by atoms with Crippen LogP contribution in [0.4, 0.5) is 0 Å². The molecule has 1 heterocycles. The number of benzene rings is 2. The number of aromatic amines is 1. The summed E-state index contributed by atoms with van der Waals surface area (Å²) >= 11 is 0. The predicted molar refractivity (Wildman–Crippen MR) is 132 cm³/mol. The van der Waals surface area contributed by atoms with Gasteiger partial charge in [0.1, 0.15) is 0 Å². The van der Waals surface area contributed by atoms with Crippen LogP contribution in [0.5, 0.6) is 0 Å². The van der Waals surface area contributed by atoms with Crippen molar-refractivity contribution in [2.45, 2.75) is 89.5 Å². The smallest absolute Gasteiger partial charge is 0.254 e. The molecule has 0 unspecified atom stereocenters. The number of rotatable bonds is 2. The van der Waals surface area contributed by atoms with Gasteiger partial charge in [0.15, 0.2) is 0 Å². The molecule has 1 fully saturated rings. The summed E-state index contributed by atoms with van der Waals surface area (Å²) in [5.74, 6) is 0.168. The maximum absolute atomic E-state index is 13.7. The largest absolute Gasteiger partial charge is 0.354 e. The highest BCUT2D eigenvalue weighted by Crippen LogP contribution is 2.30. The lowest BCUT2D eigenvalue weighted by Gasteiger charge is -2.29. The molecule has 31 heavy (non-hydrogen) atoms. The van der Waals surface area contributed by atoms with Crippen molar-refractivity contribution in [1.82, 2.24) is 9.88 Å². The minimum absolute atomic E-state index is 0.168. The molecule has 1 aliphatic carbocycles. The lowest BCUT2D eigenvalue weighted by Crippen LogP contribution is -2.37. The average Bonchev–Trinajstić information content (AvgIpc) is 3.18. The average molecular weight is 419 g/mol. The third kappa shape index (κ3) is 5.31. The second kappa shape index (κ2) is 10.8. The molecule has 166 valence electrons. The number of hydrogen-bond acceptors (Lipinski definition) is 1. The summed E-state index contributed by atoms with van der Waals surface area (Å²) < 4.78 is 0. The normalized spacial score (nSPS) is 18.1. The number of amides is 1. The molecule has 3 heteroatoms. The Morgan fingerprint density at radius 3 is 1.94 bits per heavy atom. The number of nitrogens with one attached hydrogen (secondary N) is 1. The van der Waals surface area contributed by atoms with Gasteiger partial charge in [-0.25, -0.2) is 0 Å². The van der Waals surface area contributed by atoms with Gasteiger partial charge in [0.2, 0.25) is 0 Å². The van der Waals surface area contributed by atoms with Crippen molar-refractivity contribution in [1.29, 1.82) is 0 Å². The molecule has 4 rings (SSSR count).